The molecular weight excluding hydrogens is 346 g/mol. The van der Waals surface area contributed by atoms with Crippen LogP contribution in [0.2, 0.25) is 0 Å². The Morgan fingerprint density at radius 3 is 1.69 bits per heavy atom. The summed E-state index contributed by atoms with van der Waals surface area (Å²) in [6.45, 7) is 3.86. The zero-order valence-electron chi connectivity index (χ0n) is 17.1. The molecule has 0 aliphatic heterocycles. The molecule has 0 heterocycles. The van der Waals surface area contributed by atoms with E-state index in [9.17, 15) is 8.42 Å². The van der Waals surface area contributed by atoms with Crippen LogP contribution in [-0.2, 0) is 10.1 Å². The molecule has 0 amide bonds. The van der Waals surface area contributed by atoms with Gasteiger partial charge in [-0.1, -0.05) is 76.9 Å². The Kier molecular flexibility index (Phi) is 19.1. The van der Waals surface area contributed by atoms with Crippen molar-refractivity contribution in [2.24, 2.45) is 0 Å². The maximum atomic E-state index is 10.5. The Morgan fingerprint density at radius 2 is 1.15 bits per heavy atom. The van der Waals surface area contributed by atoms with Gasteiger partial charge in [-0.3, -0.25) is 4.55 Å². The molecule has 0 atom stereocenters. The minimum atomic E-state index is -3.79. The summed E-state index contributed by atoms with van der Waals surface area (Å²) in [4.78, 5) is 0. The highest BCUT2D eigenvalue weighted by Crippen LogP contribution is 2.09. The lowest BCUT2D eigenvalue weighted by molar-refractivity contribution is 0.479. The topological polar surface area (TPSA) is 66.4 Å². The van der Waals surface area contributed by atoms with Gasteiger partial charge in [-0.15, -0.1) is 0 Å². The highest BCUT2D eigenvalue weighted by molar-refractivity contribution is 7.85. The molecule has 0 unspecified atom stereocenters. The van der Waals surface area contributed by atoms with Crippen LogP contribution in [0.15, 0.2) is 12.2 Å². The van der Waals surface area contributed by atoms with Crippen LogP contribution in [-0.4, -0.2) is 31.8 Å². The second kappa shape index (κ2) is 19.4. The van der Waals surface area contributed by atoms with Gasteiger partial charge in [0.2, 0.25) is 0 Å². The van der Waals surface area contributed by atoms with E-state index in [4.69, 9.17) is 4.55 Å². The Hall–Kier alpha value is -0.390. The number of hydrogen-bond acceptors (Lipinski definition) is 3. The molecular formula is C21H43NO3S. The van der Waals surface area contributed by atoms with E-state index in [2.05, 4.69) is 24.4 Å². The molecule has 2 N–H and O–H groups in total. The molecule has 0 aromatic carbocycles. The predicted octanol–water partition coefficient (Wildman–Crippen LogP) is 5.89. The smallest absolute Gasteiger partial charge is 0.264 e. The molecule has 0 aliphatic carbocycles. The van der Waals surface area contributed by atoms with Crippen molar-refractivity contribution in [3.63, 3.8) is 0 Å². The molecule has 0 aromatic heterocycles. The summed E-state index contributed by atoms with van der Waals surface area (Å²) in [6, 6.07) is 0. The standard InChI is InChI=1S/C21H43NO3S/c1-2-3-4-5-6-7-8-9-10-11-12-13-14-15-16-17-19-22-20-18-21-26(23,24)25/h9-10,22H,2-8,11-21H2,1H3,(H,23,24,25)/b10-9-. The van der Waals surface area contributed by atoms with Crippen molar-refractivity contribution in [2.45, 2.75) is 103 Å². The van der Waals surface area contributed by atoms with E-state index in [1.807, 2.05) is 0 Å². The van der Waals surface area contributed by atoms with Gasteiger partial charge in [0.1, 0.15) is 0 Å². The summed E-state index contributed by atoms with van der Waals surface area (Å²) in [5, 5.41) is 3.22. The van der Waals surface area contributed by atoms with Crippen LogP contribution in [0.1, 0.15) is 103 Å². The van der Waals surface area contributed by atoms with Crippen molar-refractivity contribution in [3.8, 4) is 0 Å². The van der Waals surface area contributed by atoms with Crippen LogP contribution in [0.5, 0.6) is 0 Å². The summed E-state index contributed by atoms with van der Waals surface area (Å²) in [7, 11) is -3.79. The molecule has 0 saturated heterocycles. The van der Waals surface area contributed by atoms with Crippen LogP contribution in [0.25, 0.3) is 0 Å². The molecule has 0 fully saturated rings. The largest absolute Gasteiger partial charge is 0.317 e. The maximum absolute atomic E-state index is 10.5. The summed E-state index contributed by atoms with van der Waals surface area (Å²) >= 11 is 0. The SMILES string of the molecule is CCCCCCCC/C=C\CCCCCCCCNCCCS(=O)(=O)O. The van der Waals surface area contributed by atoms with Crippen LogP contribution < -0.4 is 5.32 Å². The highest BCUT2D eigenvalue weighted by atomic mass is 32.2. The van der Waals surface area contributed by atoms with Crippen molar-refractivity contribution in [1.82, 2.24) is 5.32 Å². The fraction of sp³-hybridized carbons (Fsp3) is 0.905. The summed E-state index contributed by atoms with van der Waals surface area (Å²) in [5.74, 6) is -0.145. The van der Waals surface area contributed by atoms with E-state index in [0.29, 0.717) is 13.0 Å². The molecule has 156 valence electrons. The second-order valence-corrected chi connectivity index (χ2v) is 8.90. The van der Waals surface area contributed by atoms with Crippen LogP contribution in [0.3, 0.4) is 0 Å². The maximum Gasteiger partial charge on any atom is 0.264 e. The third-order valence-electron chi connectivity index (χ3n) is 4.62. The lowest BCUT2D eigenvalue weighted by Gasteiger charge is -2.04. The number of allylic oxidation sites excluding steroid dienone is 2. The second-order valence-electron chi connectivity index (χ2n) is 7.33. The molecule has 0 radical (unpaired) electrons. The van der Waals surface area contributed by atoms with Crippen LogP contribution in [0, 0.1) is 0 Å². The van der Waals surface area contributed by atoms with Crippen LogP contribution >= 0.6 is 0 Å². The first-order valence-corrected chi connectivity index (χ1v) is 12.5. The fourth-order valence-corrected chi connectivity index (χ4v) is 3.51. The lowest BCUT2D eigenvalue weighted by atomic mass is 10.1. The minimum Gasteiger partial charge on any atom is -0.317 e. The number of unbranched alkanes of at least 4 members (excludes halogenated alkanes) is 12. The van der Waals surface area contributed by atoms with Crippen molar-refractivity contribution >= 4 is 10.1 Å². The van der Waals surface area contributed by atoms with Gasteiger partial charge in [0.05, 0.1) is 5.75 Å². The molecule has 4 nitrogen and oxygen atoms in total. The number of nitrogens with one attached hydrogen (secondary N) is 1. The van der Waals surface area contributed by atoms with E-state index >= 15 is 0 Å². The Bertz CT molecular complexity index is 407. The molecule has 0 aromatic rings. The fourth-order valence-electron chi connectivity index (χ4n) is 3.00. The van der Waals surface area contributed by atoms with Gasteiger partial charge in [-0.25, -0.2) is 0 Å². The molecule has 0 rings (SSSR count). The van der Waals surface area contributed by atoms with E-state index < -0.39 is 10.1 Å². The van der Waals surface area contributed by atoms with Crippen molar-refractivity contribution in [2.75, 3.05) is 18.8 Å². The van der Waals surface area contributed by atoms with Gasteiger partial charge >= 0.3 is 0 Å². The zero-order chi connectivity index (χ0) is 19.3. The quantitative estimate of drug-likeness (QED) is 0.155. The summed E-state index contributed by atoms with van der Waals surface area (Å²) in [6.07, 6.45) is 23.6. The van der Waals surface area contributed by atoms with E-state index in [1.54, 1.807) is 0 Å². The number of hydrogen-bond donors (Lipinski definition) is 2. The van der Waals surface area contributed by atoms with Gasteiger partial charge in [-0.05, 0) is 51.6 Å². The lowest BCUT2D eigenvalue weighted by Crippen LogP contribution is -2.19. The third kappa shape index (κ3) is 23.6. The molecule has 0 spiro atoms. The predicted molar refractivity (Wildman–Crippen MR) is 113 cm³/mol. The first kappa shape index (κ1) is 25.6. The molecule has 26 heavy (non-hydrogen) atoms. The zero-order valence-corrected chi connectivity index (χ0v) is 17.9. The van der Waals surface area contributed by atoms with Crippen molar-refractivity contribution < 1.29 is 13.0 Å². The average Bonchev–Trinajstić information content (AvgIpc) is 2.59. The molecule has 0 aliphatic rings. The third-order valence-corrected chi connectivity index (χ3v) is 5.43. The van der Waals surface area contributed by atoms with E-state index in [-0.39, 0.29) is 5.75 Å². The van der Waals surface area contributed by atoms with Crippen molar-refractivity contribution in [1.29, 1.82) is 0 Å². The monoisotopic (exact) mass is 389 g/mol. The van der Waals surface area contributed by atoms with Gasteiger partial charge in [0.25, 0.3) is 10.1 Å². The van der Waals surface area contributed by atoms with E-state index in [1.165, 1.54) is 83.5 Å². The molecule has 5 heteroatoms. The number of rotatable bonds is 20. The highest BCUT2D eigenvalue weighted by Gasteiger charge is 2.02. The first-order valence-electron chi connectivity index (χ1n) is 10.9. The normalized spacial score (nSPS) is 12.2. The Morgan fingerprint density at radius 1 is 0.692 bits per heavy atom. The Labute approximate surface area is 163 Å². The molecule has 0 saturated carbocycles. The average molecular weight is 390 g/mol. The van der Waals surface area contributed by atoms with Gasteiger partial charge in [0, 0.05) is 0 Å². The molecule has 0 bridgehead atoms. The Balaban J connectivity index is 3.12. The van der Waals surface area contributed by atoms with Gasteiger partial charge in [-0.2, -0.15) is 8.42 Å². The van der Waals surface area contributed by atoms with Crippen LogP contribution in [0.4, 0.5) is 0 Å². The minimum absolute atomic E-state index is 0.145. The first-order chi connectivity index (χ1) is 12.6. The summed E-state index contributed by atoms with van der Waals surface area (Å²) in [5.41, 5.74) is 0. The summed E-state index contributed by atoms with van der Waals surface area (Å²) < 4.78 is 29.7. The van der Waals surface area contributed by atoms with Gasteiger partial charge < -0.3 is 5.32 Å². The van der Waals surface area contributed by atoms with E-state index in [0.717, 1.165) is 13.0 Å². The van der Waals surface area contributed by atoms with Crippen molar-refractivity contribution in [3.05, 3.63) is 12.2 Å². The van der Waals surface area contributed by atoms with Gasteiger partial charge in [0.15, 0.2) is 0 Å².